The first-order valence-corrected chi connectivity index (χ1v) is 13.9. The lowest BCUT2D eigenvalue weighted by Crippen LogP contribution is -2.41. The summed E-state index contributed by atoms with van der Waals surface area (Å²) in [4.78, 5) is 0. The van der Waals surface area contributed by atoms with Crippen LogP contribution in [0.4, 0.5) is 0 Å². The van der Waals surface area contributed by atoms with Crippen LogP contribution >= 0.6 is 0 Å². The molecule has 154 valence electrons. The van der Waals surface area contributed by atoms with Crippen LogP contribution in [-0.2, 0) is 9.31 Å². The van der Waals surface area contributed by atoms with Crippen molar-refractivity contribution in [3.8, 4) is 0 Å². The molecule has 2 aromatic carbocycles. The highest BCUT2D eigenvalue weighted by molar-refractivity contribution is 6.89. The highest BCUT2D eigenvalue weighted by Gasteiger charge is 2.52. The van der Waals surface area contributed by atoms with E-state index in [1.54, 1.807) is 0 Å². The molecule has 2 aromatic rings. The number of allylic oxidation sites excluding steroid dienone is 2. The van der Waals surface area contributed by atoms with Crippen molar-refractivity contribution in [3.05, 3.63) is 71.7 Å². The van der Waals surface area contributed by atoms with Crippen LogP contribution in [0.25, 0.3) is 5.57 Å². The smallest absolute Gasteiger partial charge is 0.400 e. The zero-order chi connectivity index (χ0) is 21.3. The lowest BCUT2D eigenvalue weighted by molar-refractivity contribution is 0.00578. The van der Waals surface area contributed by atoms with Crippen LogP contribution in [0, 0.1) is 0 Å². The normalized spacial score (nSPS) is 19.2. The Kier molecular flexibility index (Phi) is 6.28. The van der Waals surface area contributed by atoms with Gasteiger partial charge in [-0.05, 0) is 57.6 Å². The molecule has 1 saturated heterocycles. The summed E-state index contributed by atoms with van der Waals surface area (Å²) in [5, 5.41) is 1.51. The molecule has 0 N–H and O–H groups in total. The van der Waals surface area contributed by atoms with E-state index >= 15 is 0 Å². The fraction of sp³-hybridized carbons (Fsp3) is 0.440. The van der Waals surface area contributed by atoms with Crippen molar-refractivity contribution in [1.82, 2.24) is 0 Å². The summed E-state index contributed by atoms with van der Waals surface area (Å²) in [6, 6.07) is 22.8. The maximum Gasteiger partial charge on any atom is 0.490 e. The second-order valence-corrected chi connectivity index (χ2v) is 14.7. The fourth-order valence-corrected chi connectivity index (χ4v) is 6.10. The highest BCUT2D eigenvalue weighted by atomic mass is 28.3. The fourth-order valence-electron chi connectivity index (χ4n) is 3.82. The van der Waals surface area contributed by atoms with E-state index in [4.69, 9.17) is 9.31 Å². The van der Waals surface area contributed by atoms with Crippen LogP contribution in [0.3, 0.4) is 0 Å². The molecule has 1 aliphatic heterocycles. The maximum atomic E-state index is 6.48. The molecule has 29 heavy (non-hydrogen) atoms. The Balaban J connectivity index is 1.92. The Labute approximate surface area is 178 Å². The molecule has 2 nitrogen and oxygen atoms in total. The summed E-state index contributed by atoms with van der Waals surface area (Å²) >= 11 is 0. The van der Waals surface area contributed by atoms with Crippen molar-refractivity contribution >= 4 is 26.0 Å². The van der Waals surface area contributed by atoms with Gasteiger partial charge in [-0.15, -0.1) is 0 Å². The molecule has 0 atom stereocenters. The molecular weight excluding hydrogens is 371 g/mol. The minimum atomic E-state index is -1.56. The van der Waals surface area contributed by atoms with Crippen LogP contribution < -0.4 is 5.19 Å². The van der Waals surface area contributed by atoms with Gasteiger partial charge in [-0.25, -0.2) is 0 Å². The lowest BCUT2D eigenvalue weighted by atomic mass is 9.72. The maximum absolute atomic E-state index is 6.48. The van der Waals surface area contributed by atoms with Crippen LogP contribution in [0.15, 0.2) is 66.1 Å². The zero-order valence-corrected chi connectivity index (χ0v) is 20.1. The summed E-state index contributed by atoms with van der Waals surface area (Å²) in [6.45, 7) is 15.7. The molecule has 0 aromatic heterocycles. The van der Waals surface area contributed by atoms with Gasteiger partial charge >= 0.3 is 7.12 Å². The predicted octanol–water partition coefficient (Wildman–Crippen LogP) is 6.10. The van der Waals surface area contributed by atoms with E-state index in [1.165, 1.54) is 27.8 Å². The van der Waals surface area contributed by atoms with Gasteiger partial charge < -0.3 is 9.31 Å². The second-order valence-electron chi connectivity index (χ2n) is 9.85. The molecule has 0 spiro atoms. The van der Waals surface area contributed by atoms with E-state index in [1.807, 2.05) is 0 Å². The number of benzene rings is 2. The average molecular weight is 406 g/mol. The average Bonchev–Trinajstić information content (AvgIpc) is 2.90. The Hall–Kier alpha value is -1.62. The second kappa shape index (κ2) is 8.25. The number of hydrogen-bond acceptors (Lipinski definition) is 2. The van der Waals surface area contributed by atoms with Gasteiger partial charge in [0.15, 0.2) is 0 Å². The molecule has 1 heterocycles. The lowest BCUT2D eigenvalue weighted by Gasteiger charge is -2.32. The quantitative estimate of drug-likeness (QED) is 0.540. The monoisotopic (exact) mass is 406 g/mol. The molecule has 3 rings (SSSR count). The Bertz CT molecular complexity index is 841. The molecule has 0 saturated carbocycles. The van der Waals surface area contributed by atoms with E-state index < -0.39 is 8.07 Å². The SMILES string of the molecule is C/C(=C(\CC[Si](C)(C)c1ccccc1)B1OC(C)(C)C(C)(C)O1)c1ccccc1. The van der Waals surface area contributed by atoms with Crippen LogP contribution in [0.5, 0.6) is 0 Å². The molecule has 1 fully saturated rings. The van der Waals surface area contributed by atoms with Crippen LogP contribution in [0.2, 0.25) is 19.1 Å². The standard InChI is InChI=1S/C25H35BO2Si/c1-20(21-14-10-8-11-15-21)23(26-27-24(2,3)25(4,5)28-26)18-19-29(6,7)22-16-12-9-13-17-22/h8-17H,18-19H2,1-7H3/b23-20-. The Morgan fingerprint density at radius 2 is 1.31 bits per heavy atom. The van der Waals surface area contributed by atoms with Gasteiger partial charge in [0.25, 0.3) is 0 Å². The van der Waals surface area contributed by atoms with Crippen molar-refractivity contribution in [2.45, 2.75) is 71.4 Å². The molecule has 0 bridgehead atoms. The molecule has 0 amide bonds. The summed E-state index contributed by atoms with van der Waals surface area (Å²) in [6.07, 6.45) is 0.992. The topological polar surface area (TPSA) is 18.5 Å². The molecule has 0 radical (unpaired) electrons. The third-order valence-corrected chi connectivity index (χ3v) is 10.2. The first-order valence-electron chi connectivity index (χ1n) is 10.7. The van der Waals surface area contributed by atoms with Gasteiger partial charge in [0, 0.05) is 0 Å². The van der Waals surface area contributed by atoms with Gasteiger partial charge in [0.2, 0.25) is 0 Å². The van der Waals surface area contributed by atoms with E-state index in [9.17, 15) is 0 Å². The van der Waals surface area contributed by atoms with Gasteiger partial charge in [-0.2, -0.15) is 0 Å². The first-order chi connectivity index (χ1) is 13.5. The molecule has 0 aliphatic carbocycles. The van der Waals surface area contributed by atoms with Crippen molar-refractivity contribution < 1.29 is 9.31 Å². The largest absolute Gasteiger partial charge is 0.490 e. The van der Waals surface area contributed by atoms with Crippen LogP contribution in [-0.4, -0.2) is 26.4 Å². The predicted molar refractivity (Wildman–Crippen MR) is 128 cm³/mol. The summed E-state index contributed by atoms with van der Waals surface area (Å²) in [5.74, 6) is 0. The third kappa shape index (κ3) is 4.76. The van der Waals surface area contributed by atoms with Crippen molar-refractivity contribution in [2.24, 2.45) is 0 Å². The van der Waals surface area contributed by atoms with Gasteiger partial charge in [0.1, 0.15) is 0 Å². The van der Waals surface area contributed by atoms with Gasteiger partial charge in [-0.3, -0.25) is 0 Å². The Morgan fingerprint density at radius 1 is 0.828 bits per heavy atom. The van der Waals surface area contributed by atoms with Crippen molar-refractivity contribution in [3.63, 3.8) is 0 Å². The minimum absolute atomic E-state index is 0.291. The summed E-state index contributed by atoms with van der Waals surface area (Å²) in [7, 11) is -1.85. The number of hydrogen-bond donors (Lipinski definition) is 0. The van der Waals surface area contributed by atoms with E-state index in [-0.39, 0.29) is 18.3 Å². The first kappa shape index (κ1) is 22.1. The highest BCUT2D eigenvalue weighted by Crippen LogP contribution is 2.41. The molecule has 0 unspecified atom stereocenters. The summed E-state index contributed by atoms with van der Waals surface area (Å²) < 4.78 is 13.0. The molecule has 4 heteroatoms. The van der Waals surface area contributed by atoms with Gasteiger partial charge in [-0.1, -0.05) is 85.0 Å². The minimum Gasteiger partial charge on any atom is -0.400 e. The Morgan fingerprint density at radius 3 is 1.83 bits per heavy atom. The summed E-state index contributed by atoms with van der Waals surface area (Å²) in [5.41, 5.74) is 3.16. The van der Waals surface area contributed by atoms with Crippen molar-refractivity contribution in [2.75, 3.05) is 0 Å². The molecular formula is C25H35BO2Si. The zero-order valence-electron chi connectivity index (χ0n) is 19.1. The van der Waals surface area contributed by atoms with E-state index in [0.717, 1.165) is 6.42 Å². The van der Waals surface area contributed by atoms with Crippen molar-refractivity contribution in [1.29, 1.82) is 0 Å². The third-order valence-electron chi connectivity index (χ3n) is 6.80. The van der Waals surface area contributed by atoms with Crippen LogP contribution in [0.1, 0.15) is 46.6 Å². The van der Waals surface area contributed by atoms with Gasteiger partial charge in [0.05, 0.1) is 19.3 Å². The van der Waals surface area contributed by atoms with E-state index in [2.05, 4.69) is 108 Å². The van der Waals surface area contributed by atoms with E-state index in [0.29, 0.717) is 0 Å². The molecule has 1 aliphatic rings. The number of rotatable bonds is 6.